The Kier molecular flexibility index (Phi) is 5.49. The number of hydrogen-bond acceptors (Lipinski definition) is 3. The third-order valence-electron chi connectivity index (χ3n) is 5.00. The van der Waals surface area contributed by atoms with Crippen molar-refractivity contribution >= 4 is 23.6 Å². The van der Waals surface area contributed by atoms with E-state index in [0.29, 0.717) is 18.9 Å². The lowest BCUT2D eigenvalue weighted by molar-refractivity contribution is -0.133. The maximum atomic E-state index is 12.6. The van der Waals surface area contributed by atoms with Crippen LogP contribution in [0.1, 0.15) is 36.9 Å². The second-order valence-corrected chi connectivity index (χ2v) is 8.10. The highest BCUT2D eigenvalue weighted by molar-refractivity contribution is 7.99. The zero-order valence-corrected chi connectivity index (χ0v) is 15.3. The lowest BCUT2D eigenvalue weighted by Gasteiger charge is -2.36. The van der Waals surface area contributed by atoms with E-state index in [-0.39, 0.29) is 23.8 Å². The number of carbonyl (C=O) groups excluding carboxylic acids is 2. The Morgan fingerprint density at radius 1 is 1.29 bits per heavy atom. The summed E-state index contributed by atoms with van der Waals surface area (Å²) in [5.41, 5.74) is 2.44. The molecule has 130 valence electrons. The molecule has 4 nitrogen and oxygen atoms in total. The van der Waals surface area contributed by atoms with E-state index in [1.165, 1.54) is 11.1 Å². The normalized spacial score (nSPS) is 26.1. The van der Waals surface area contributed by atoms with Crippen molar-refractivity contribution in [3.05, 3.63) is 35.4 Å². The van der Waals surface area contributed by atoms with Crippen molar-refractivity contribution in [2.75, 3.05) is 24.6 Å². The SMILES string of the molecule is Cc1ccc([C@@H]2CSCCN2C(=O)CCNC(=O)[C@H]2C[C@H]2C)cc1. The summed E-state index contributed by atoms with van der Waals surface area (Å²) in [6.07, 6.45) is 1.37. The first-order valence-electron chi connectivity index (χ1n) is 8.77. The van der Waals surface area contributed by atoms with Crippen molar-refractivity contribution in [3.63, 3.8) is 0 Å². The zero-order chi connectivity index (χ0) is 17.1. The minimum Gasteiger partial charge on any atom is -0.355 e. The summed E-state index contributed by atoms with van der Waals surface area (Å²) in [5.74, 6) is 2.86. The summed E-state index contributed by atoms with van der Waals surface area (Å²) >= 11 is 1.90. The number of rotatable bonds is 5. The van der Waals surface area contributed by atoms with Crippen LogP contribution in [0.15, 0.2) is 24.3 Å². The van der Waals surface area contributed by atoms with Gasteiger partial charge < -0.3 is 10.2 Å². The lowest BCUT2D eigenvalue weighted by atomic mass is 10.0. The summed E-state index contributed by atoms with van der Waals surface area (Å²) in [5, 5.41) is 2.92. The van der Waals surface area contributed by atoms with Gasteiger partial charge in [0.1, 0.15) is 0 Å². The highest BCUT2D eigenvalue weighted by atomic mass is 32.2. The first-order valence-corrected chi connectivity index (χ1v) is 9.93. The Bertz CT molecular complexity index is 602. The van der Waals surface area contributed by atoms with Crippen LogP contribution in [0.5, 0.6) is 0 Å². The van der Waals surface area contributed by atoms with Crippen LogP contribution in [0, 0.1) is 18.8 Å². The van der Waals surface area contributed by atoms with Crippen LogP contribution in [-0.2, 0) is 9.59 Å². The molecule has 0 bridgehead atoms. The number of aryl methyl sites for hydroxylation is 1. The predicted molar refractivity (Wildman–Crippen MR) is 97.9 cm³/mol. The van der Waals surface area contributed by atoms with Crippen molar-refractivity contribution in [1.29, 1.82) is 0 Å². The molecule has 1 aromatic carbocycles. The molecule has 2 fully saturated rings. The largest absolute Gasteiger partial charge is 0.355 e. The smallest absolute Gasteiger partial charge is 0.224 e. The van der Waals surface area contributed by atoms with Gasteiger partial charge in [-0.3, -0.25) is 9.59 Å². The fourth-order valence-electron chi connectivity index (χ4n) is 3.22. The van der Waals surface area contributed by atoms with Gasteiger partial charge >= 0.3 is 0 Å². The van der Waals surface area contributed by atoms with Crippen LogP contribution in [-0.4, -0.2) is 41.3 Å². The summed E-state index contributed by atoms with van der Waals surface area (Å²) in [7, 11) is 0. The minimum atomic E-state index is 0.111. The molecule has 1 aliphatic carbocycles. The third kappa shape index (κ3) is 4.12. The van der Waals surface area contributed by atoms with Crippen LogP contribution in [0.25, 0.3) is 0 Å². The third-order valence-corrected chi connectivity index (χ3v) is 6.02. The molecule has 1 N–H and O–H groups in total. The Labute approximate surface area is 148 Å². The molecule has 1 heterocycles. The second-order valence-electron chi connectivity index (χ2n) is 6.95. The van der Waals surface area contributed by atoms with E-state index in [1.807, 2.05) is 16.7 Å². The topological polar surface area (TPSA) is 49.4 Å². The van der Waals surface area contributed by atoms with E-state index >= 15 is 0 Å². The molecule has 0 aromatic heterocycles. The Balaban J connectivity index is 1.55. The number of carbonyl (C=O) groups is 2. The van der Waals surface area contributed by atoms with E-state index in [0.717, 1.165) is 24.5 Å². The van der Waals surface area contributed by atoms with Gasteiger partial charge in [0.25, 0.3) is 0 Å². The number of hydrogen-bond donors (Lipinski definition) is 1. The van der Waals surface area contributed by atoms with Crippen molar-refractivity contribution in [2.45, 2.75) is 32.7 Å². The number of benzene rings is 1. The molecule has 0 unspecified atom stereocenters. The average Bonchev–Trinajstić information content (AvgIpc) is 3.32. The minimum absolute atomic E-state index is 0.111. The molecular weight excluding hydrogens is 320 g/mol. The van der Waals surface area contributed by atoms with E-state index in [4.69, 9.17) is 0 Å². The van der Waals surface area contributed by atoms with Crippen LogP contribution < -0.4 is 5.32 Å². The van der Waals surface area contributed by atoms with Crippen LogP contribution in [0.2, 0.25) is 0 Å². The molecule has 3 rings (SSSR count). The van der Waals surface area contributed by atoms with E-state index in [1.54, 1.807) is 0 Å². The Morgan fingerprint density at radius 3 is 2.67 bits per heavy atom. The van der Waals surface area contributed by atoms with Gasteiger partial charge in [0, 0.05) is 36.9 Å². The lowest BCUT2D eigenvalue weighted by Crippen LogP contribution is -2.42. The van der Waals surface area contributed by atoms with Gasteiger partial charge in [0.15, 0.2) is 0 Å². The molecule has 2 amide bonds. The highest BCUT2D eigenvalue weighted by Crippen LogP contribution is 2.37. The summed E-state index contributed by atoms with van der Waals surface area (Å²) in [6.45, 7) is 5.40. The number of amides is 2. The summed E-state index contributed by atoms with van der Waals surface area (Å²) < 4.78 is 0. The molecule has 24 heavy (non-hydrogen) atoms. The number of nitrogens with zero attached hydrogens (tertiary/aromatic N) is 1. The maximum Gasteiger partial charge on any atom is 0.224 e. The van der Waals surface area contributed by atoms with Crippen molar-refractivity contribution in [1.82, 2.24) is 10.2 Å². The fraction of sp³-hybridized carbons (Fsp3) is 0.579. The predicted octanol–water partition coefficient (Wildman–Crippen LogP) is 2.77. The standard InChI is InChI=1S/C19H26N2O2S/c1-13-3-5-15(6-4-13)17-12-24-10-9-21(17)18(22)7-8-20-19(23)16-11-14(16)2/h3-6,14,16-17H,7-12H2,1-2H3,(H,20,23)/t14-,16+,17+/m1/s1. The summed E-state index contributed by atoms with van der Waals surface area (Å²) in [6, 6.07) is 8.61. The average molecular weight is 346 g/mol. The molecule has 1 aromatic rings. The zero-order valence-electron chi connectivity index (χ0n) is 14.5. The van der Waals surface area contributed by atoms with E-state index in [2.05, 4.69) is 43.4 Å². The molecule has 1 aliphatic heterocycles. The number of thioether (sulfide) groups is 1. The monoisotopic (exact) mass is 346 g/mol. The van der Waals surface area contributed by atoms with Gasteiger partial charge in [-0.05, 0) is 24.8 Å². The molecular formula is C19H26N2O2S. The number of nitrogens with one attached hydrogen (secondary N) is 1. The Hall–Kier alpha value is -1.49. The van der Waals surface area contributed by atoms with Crippen molar-refractivity contribution in [3.8, 4) is 0 Å². The molecule has 0 radical (unpaired) electrons. The van der Waals surface area contributed by atoms with Crippen LogP contribution in [0.3, 0.4) is 0 Å². The van der Waals surface area contributed by atoms with Gasteiger partial charge in [-0.2, -0.15) is 11.8 Å². The first kappa shape index (κ1) is 17.3. The van der Waals surface area contributed by atoms with Gasteiger partial charge in [0.2, 0.25) is 11.8 Å². The molecule has 2 aliphatic rings. The van der Waals surface area contributed by atoms with Gasteiger partial charge in [-0.1, -0.05) is 36.8 Å². The molecule has 1 saturated carbocycles. The van der Waals surface area contributed by atoms with Crippen molar-refractivity contribution in [2.24, 2.45) is 11.8 Å². The fourth-order valence-corrected chi connectivity index (χ4v) is 4.31. The van der Waals surface area contributed by atoms with Gasteiger partial charge in [-0.15, -0.1) is 0 Å². The van der Waals surface area contributed by atoms with Gasteiger partial charge in [-0.25, -0.2) is 0 Å². The van der Waals surface area contributed by atoms with Crippen LogP contribution in [0.4, 0.5) is 0 Å². The van der Waals surface area contributed by atoms with Gasteiger partial charge in [0.05, 0.1) is 6.04 Å². The van der Waals surface area contributed by atoms with E-state index in [9.17, 15) is 9.59 Å². The Morgan fingerprint density at radius 2 is 2.00 bits per heavy atom. The highest BCUT2D eigenvalue weighted by Gasteiger charge is 2.38. The second kappa shape index (κ2) is 7.60. The summed E-state index contributed by atoms with van der Waals surface area (Å²) in [4.78, 5) is 26.5. The molecule has 3 atom stereocenters. The first-order chi connectivity index (χ1) is 11.6. The van der Waals surface area contributed by atoms with Crippen LogP contribution >= 0.6 is 11.8 Å². The molecule has 1 saturated heterocycles. The molecule has 5 heteroatoms. The van der Waals surface area contributed by atoms with Crippen molar-refractivity contribution < 1.29 is 9.59 Å². The van der Waals surface area contributed by atoms with E-state index < -0.39 is 0 Å². The quantitative estimate of drug-likeness (QED) is 0.892. The maximum absolute atomic E-state index is 12.6. The molecule has 0 spiro atoms.